The Morgan fingerprint density at radius 2 is 2.28 bits per heavy atom. The summed E-state index contributed by atoms with van der Waals surface area (Å²) in [6, 6.07) is 5.52. The van der Waals surface area contributed by atoms with Crippen molar-refractivity contribution in [2.45, 2.75) is 17.5 Å². The van der Waals surface area contributed by atoms with E-state index >= 15 is 0 Å². The number of hydrogen-bond acceptors (Lipinski definition) is 5. The minimum absolute atomic E-state index is 0.156. The van der Waals surface area contributed by atoms with Crippen LogP contribution < -0.4 is 15.6 Å². The van der Waals surface area contributed by atoms with Crippen molar-refractivity contribution in [3.8, 4) is 5.75 Å². The van der Waals surface area contributed by atoms with Gasteiger partial charge < -0.3 is 15.0 Å². The Kier molecular flexibility index (Phi) is 5.29. The number of H-pyrrole nitrogens is 1. The molecule has 2 aromatic rings. The van der Waals surface area contributed by atoms with E-state index in [1.807, 2.05) is 18.2 Å². The fraction of sp³-hybridized carbons (Fsp3) is 0.235. The molecule has 0 bridgehead atoms. The molecule has 1 aromatic heterocycles. The number of halogens is 1. The number of carbonyl (C=O) groups excluding carboxylic acids is 1. The van der Waals surface area contributed by atoms with Gasteiger partial charge in [0.25, 0.3) is 5.56 Å². The lowest BCUT2D eigenvalue weighted by molar-refractivity contribution is -0.116. The minimum Gasteiger partial charge on any atom is -0.496 e. The summed E-state index contributed by atoms with van der Waals surface area (Å²) in [6.45, 7) is 3.65. The monoisotopic (exact) mass is 421 g/mol. The van der Waals surface area contributed by atoms with Gasteiger partial charge >= 0.3 is 0 Å². The first-order valence-electron chi connectivity index (χ1n) is 7.54. The smallest absolute Gasteiger partial charge is 0.257 e. The molecule has 25 heavy (non-hydrogen) atoms. The molecule has 8 heteroatoms. The lowest BCUT2D eigenvalue weighted by atomic mass is 9.86. The Bertz CT molecular complexity index is 897. The standard InChI is InChI=1S/C17H16BrN3O3S/c1-3-6-25-17-20-15-14(16(23)21-17)11(8-13(22)19-15)10-7-9(18)4-5-12(10)24-2/h3-5,7,11H,1,6,8H2,2H3,(H2,19,20,21,22,23). The molecular weight excluding hydrogens is 406 g/mol. The third kappa shape index (κ3) is 3.64. The fourth-order valence-electron chi connectivity index (χ4n) is 2.80. The second kappa shape index (κ2) is 7.45. The summed E-state index contributed by atoms with van der Waals surface area (Å²) < 4.78 is 6.27. The molecule has 1 aliphatic heterocycles. The molecule has 1 amide bonds. The van der Waals surface area contributed by atoms with Gasteiger partial charge in [0, 0.05) is 28.1 Å². The number of fused-ring (bicyclic) bond motifs is 1. The van der Waals surface area contributed by atoms with E-state index in [1.54, 1.807) is 13.2 Å². The summed E-state index contributed by atoms with van der Waals surface area (Å²) >= 11 is 4.78. The molecule has 1 atom stereocenters. The van der Waals surface area contributed by atoms with Crippen LogP contribution in [-0.4, -0.2) is 28.7 Å². The number of amides is 1. The van der Waals surface area contributed by atoms with E-state index in [1.165, 1.54) is 11.8 Å². The second-order valence-electron chi connectivity index (χ2n) is 5.42. The van der Waals surface area contributed by atoms with Gasteiger partial charge in [0.15, 0.2) is 5.16 Å². The number of aromatic amines is 1. The van der Waals surface area contributed by atoms with E-state index in [9.17, 15) is 9.59 Å². The Morgan fingerprint density at radius 1 is 1.48 bits per heavy atom. The van der Waals surface area contributed by atoms with Gasteiger partial charge in [-0.2, -0.15) is 0 Å². The van der Waals surface area contributed by atoms with E-state index in [-0.39, 0.29) is 17.9 Å². The highest BCUT2D eigenvalue weighted by atomic mass is 79.9. The van der Waals surface area contributed by atoms with Crippen LogP contribution in [0.15, 0.2) is 45.3 Å². The first-order chi connectivity index (χ1) is 12.0. The number of benzene rings is 1. The largest absolute Gasteiger partial charge is 0.496 e. The third-order valence-electron chi connectivity index (χ3n) is 3.83. The van der Waals surface area contributed by atoms with Crippen molar-refractivity contribution in [1.29, 1.82) is 0 Å². The van der Waals surface area contributed by atoms with E-state index in [2.05, 4.69) is 37.8 Å². The van der Waals surface area contributed by atoms with Crippen LogP contribution >= 0.6 is 27.7 Å². The Hall–Kier alpha value is -2.06. The number of rotatable bonds is 5. The van der Waals surface area contributed by atoms with Gasteiger partial charge in [-0.15, -0.1) is 6.58 Å². The van der Waals surface area contributed by atoms with Gasteiger partial charge in [-0.25, -0.2) is 4.98 Å². The summed E-state index contributed by atoms with van der Waals surface area (Å²) in [5.41, 5.74) is 0.953. The van der Waals surface area contributed by atoms with Crippen LogP contribution in [0.3, 0.4) is 0 Å². The number of methoxy groups -OCH3 is 1. The summed E-state index contributed by atoms with van der Waals surface area (Å²) in [6.07, 6.45) is 1.88. The molecule has 0 spiro atoms. The zero-order valence-electron chi connectivity index (χ0n) is 13.5. The van der Waals surface area contributed by atoms with E-state index in [0.717, 1.165) is 10.0 Å². The minimum atomic E-state index is -0.425. The second-order valence-corrected chi connectivity index (χ2v) is 7.35. The fourth-order valence-corrected chi connectivity index (χ4v) is 3.78. The molecule has 0 radical (unpaired) electrons. The number of nitrogens with zero attached hydrogens (tertiary/aromatic N) is 1. The van der Waals surface area contributed by atoms with Crippen LogP contribution in [0.5, 0.6) is 5.75 Å². The Morgan fingerprint density at radius 3 is 3.00 bits per heavy atom. The summed E-state index contributed by atoms with van der Waals surface area (Å²) in [4.78, 5) is 32.0. The molecule has 1 aliphatic rings. The van der Waals surface area contributed by atoms with Crippen LogP contribution in [0.1, 0.15) is 23.5 Å². The highest BCUT2D eigenvalue weighted by molar-refractivity contribution is 9.10. The van der Waals surface area contributed by atoms with Crippen molar-refractivity contribution < 1.29 is 9.53 Å². The Balaban J connectivity index is 2.14. The maximum absolute atomic E-state index is 12.7. The quantitative estimate of drug-likeness (QED) is 0.439. The molecule has 0 aliphatic carbocycles. The van der Waals surface area contributed by atoms with Crippen molar-refractivity contribution >= 4 is 39.4 Å². The molecule has 6 nitrogen and oxygen atoms in total. The summed E-state index contributed by atoms with van der Waals surface area (Å²) in [5, 5.41) is 3.16. The van der Waals surface area contributed by atoms with E-state index < -0.39 is 5.92 Å². The molecule has 130 valence electrons. The number of aromatic nitrogens is 2. The van der Waals surface area contributed by atoms with Crippen molar-refractivity contribution in [2.24, 2.45) is 0 Å². The lowest BCUT2D eigenvalue weighted by Crippen LogP contribution is -2.31. The highest BCUT2D eigenvalue weighted by Crippen LogP contribution is 2.39. The Labute approximate surface area is 157 Å². The predicted molar refractivity (Wildman–Crippen MR) is 102 cm³/mol. The van der Waals surface area contributed by atoms with Gasteiger partial charge in [-0.1, -0.05) is 33.8 Å². The maximum atomic E-state index is 12.7. The van der Waals surface area contributed by atoms with Crippen molar-refractivity contribution in [3.05, 3.63) is 56.8 Å². The number of carbonyl (C=O) groups is 1. The number of hydrogen-bond donors (Lipinski definition) is 2. The van der Waals surface area contributed by atoms with E-state index in [0.29, 0.717) is 28.0 Å². The topological polar surface area (TPSA) is 84.1 Å². The average molecular weight is 422 g/mol. The third-order valence-corrected chi connectivity index (χ3v) is 5.20. The van der Waals surface area contributed by atoms with Crippen LogP contribution in [0.4, 0.5) is 5.82 Å². The number of anilines is 1. The molecule has 2 heterocycles. The zero-order valence-corrected chi connectivity index (χ0v) is 15.9. The molecule has 3 rings (SSSR count). The van der Waals surface area contributed by atoms with Crippen LogP contribution in [0.2, 0.25) is 0 Å². The molecule has 1 aromatic carbocycles. The van der Waals surface area contributed by atoms with Gasteiger partial charge in [0.1, 0.15) is 11.6 Å². The van der Waals surface area contributed by atoms with Crippen LogP contribution in [0.25, 0.3) is 0 Å². The predicted octanol–water partition coefficient (Wildman–Crippen LogP) is 3.29. The first-order valence-corrected chi connectivity index (χ1v) is 9.32. The van der Waals surface area contributed by atoms with Crippen LogP contribution in [0, 0.1) is 0 Å². The number of nitrogens with one attached hydrogen (secondary N) is 2. The molecule has 0 saturated heterocycles. The SMILES string of the molecule is C=CCSc1nc2c(c(=O)[nH]1)C(c1cc(Br)ccc1OC)CC(=O)N2. The summed E-state index contributed by atoms with van der Waals surface area (Å²) in [7, 11) is 1.56. The zero-order chi connectivity index (χ0) is 18.0. The average Bonchev–Trinajstić information content (AvgIpc) is 2.58. The molecule has 0 fully saturated rings. The molecule has 2 N–H and O–H groups in total. The normalized spacial score (nSPS) is 16.1. The van der Waals surface area contributed by atoms with E-state index in [4.69, 9.17) is 4.74 Å². The van der Waals surface area contributed by atoms with Gasteiger partial charge in [0.05, 0.1) is 12.7 Å². The first kappa shape index (κ1) is 17.8. The highest BCUT2D eigenvalue weighted by Gasteiger charge is 2.32. The van der Waals surface area contributed by atoms with Gasteiger partial charge in [-0.3, -0.25) is 9.59 Å². The summed E-state index contributed by atoms with van der Waals surface area (Å²) in [5.74, 6) is 0.929. The van der Waals surface area contributed by atoms with Gasteiger partial charge in [0.2, 0.25) is 5.91 Å². The van der Waals surface area contributed by atoms with Crippen molar-refractivity contribution in [1.82, 2.24) is 9.97 Å². The molecule has 0 saturated carbocycles. The lowest BCUT2D eigenvalue weighted by Gasteiger charge is -2.25. The number of thioether (sulfide) groups is 1. The molecule has 1 unspecified atom stereocenters. The number of ether oxygens (including phenoxy) is 1. The van der Waals surface area contributed by atoms with Gasteiger partial charge in [-0.05, 0) is 18.2 Å². The maximum Gasteiger partial charge on any atom is 0.257 e. The van der Waals surface area contributed by atoms with Crippen molar-refractivity contribution in [2.75, 3.05) is 18.2 Å². The van der Waals surface area contributed by atoms with Crippen LogP contribution in [-0.2, 0) is 4.79 Å². The van der Waals surface area contributed by atoms with Crippen molar-refractivity contribution in [3.63, 3.8) is 0 Å². The molecular formula is C17H16BrN3O3S.